The Morgan fingerprint density at radius 2 is 2.12 bits per heavy atom. The van der Waals surface area contributed by atoms with Crippen molar-refractivity contribution in [1.29, 1.82) is 0 Å². The van der Waals surface area contributed by atoms with Crippen LogP contribution in [-0.4, -0.2) is 11.1 Å². The molecule has 90 valence electrons. The maximum Gasteiger partial charge on any atom is 0.310 e. The molecule has 0 heterocycles. The average molecular weight is 234 g/mol. The van der Waals surface area contributed by atoms with Crippen LogP contribution in [-0.2, 0) is 10.2 Å². The van der Waals surface area contributed by atoms with Crippen LogP contribution >= 0.6 is 0 Å². The minimum atomic E-state index is -0.785. The van der Waals surface area contributed by atoms with E-state index in [9.17, 15) is 14.3 Å². The molecule has 1 unspecified atom stereocenters. The summed E-state index contributed by atoms with van der Waals surface area (Å²) < 4.78 is 13.4. The molecule has 1 aromatic rings. The summed E-state index contributed by atoms with van der Waals surface area (Å²) in [6, 6.07) is 4.61. The van der Waals surface area contributed by atoms with Crippen LogP contribution in [0.2, 0.25) is 0 Å². The average Bonchev–Trinajstić information content (AvgIpc) is 2.24. The second-order valence-corrected chi connectivity index (χ2v) is 5.29. The molecule has 2 aliphatic carbocycles. The highest BCUT2D eigenvalue weighted by molar-refractivity contribution is 5.77. The standard InChI is InChI=1S/C14H15FO2/c15-9-2-3-10-11(13(16)17)4-7-14(5-1-6-14)12(10)8-9/h2-3,8,11H,1,4-7H2,(H,16,17). The Bertz CT molecular complexity index is 477. The number of aliphatic carboxylic acids is 1. The largest absolute Gasteiger partial charge is 0.481 e. The Hall–Kier alpha value is -1.38. The Kier molecular flexibility index (Phi) is 2.25. The molecule has 1 fully saturated rings. The minimum absolute atomic E-state index is 0.0867. The smallest absolute Gasteiger partial charge is 0.310 e. The predicted octanol–water partition coefficient (Wildman–Crippen LogP) is 3.21. The van der Waals surface area contributed by atoms with Crippen LogP contribution in [0.1, 0.15) is 49.1 Å². The van der Waals surface area contributed by atoms with Gasteiger partial charge in [-0.15, -0.1) is 0 Å². The van der Waals surface area contributed by atoms with E-state index in [1.807, 2.05) is 0 Å². The lowest BCUT2D eigenvalue weighted by Gasteiger charge is -2.47. The zero-order valence-corrected chi connectivity index (χ0v) is 9.58. The number of rotatable bonds is 1. The van der Waals surface area contributed by atoms with Crippen LogP contribution in [0.4, 0.5) is 4.39 Å². The lowest BCUT2D eigenvalue weighted by molar-refractivity contribution is -0.139. The molecular formula is C14H15FO2. The number of carbonyl (C=O) groups is 1. The van der Waals surface area contributed by atoms with Gasteiger partial charge in [0.1, 0.15) is 5.82 Å². The van der Waals surface area contributed by atoms with Crippen LogP contribution < -0.4 is 0 Å². The SMILES string of the molecule is O=C(O)C1CCC2(CCC2)c2cc(F)ccc21. The molecular weight excluding hydrogens is 219 g/mol. The summed E-state index contributed by atoms with van der Waals surface area (Å²) in [5.41, 5.74) is 1.89. The highest BCUT2D eigenvalue weighted by Crippen LogP contribution is 2.53. The summed E-state index contributed by atoms with van der Waals surface area (Å²) in [5.74, 6) is -1.48. The summed E-state index contributed by atoms with van der Waals surface area (Å²) in [7, 11) is 0. The summed E-state index contributed by atoms with van der Waals surface area (Å²) in [5, 5.41) is 9.22. The van der Waals surface area contributed by atoms with Gasteiger partial charge < -0.3 is 5.11 Å². The molecule has 17 heavy (non-hydrogen) atoms. The van der Waals surface area contributed by atoms with Gasteiger partial charge in [-0.1, -0.05) is 12.5 Å². The fourth-order valence-corrected chi connectivity index (χ4v) is 3.38. The van der Waals surface area contributed by atoms with E-state index >= 15 is 0 Å². The third kappa shape index (κ3) is 1.48. The molecule has 0 saturated heterocycles. The first-order valence-corrected chi connectivity index (χ1v) is 6.15. The summed E-state index contributed by atoms with van der Waals surface area (Å²) in [6.45, 7) is 0. The monoisotopic (exact) mass is 234 g/mol. The molecule has 0 bridgehead atoms. The molecule has 1 N–H and O–H groups in total. The highest BCUT2D eigenvalue weighted by atomic mass is 19.1. The third-order valence-corrected chi connectivity index (χ3v) is 4.48. The van der Waals surface area contributed by atoms with Gasteiger partial charge in [-0.2, -0.15) is 0 Å². The van der Waals surface area contributed by atoms with E-state index in [1.165, 1.54) is 12.5 Å². The molecule has 0 amide bonds. The van der Waals surface area contributed by atoms with Gasteiger partial charge in [-0.3, -0.25) is 4.79 Å². The molecule has 2 nitrogen and oxygen atoms in total. The fraction of sp³-hybridized carbons (Fsp3) is 0.500. The van der Waals surface area contributed by atoms with Crippen molar-refractivity contribution >= 4 is 5.97 Å². The van der Waals surface area contributed by atoms with Crippen molar-refractivity contribution in [2.24, 2.45) is 0 Å². The van der Waals surface area contributed by atoms with Crippen molar-refractivity contribution in [3.63, 3.8) is 0 Å². The van der Waals surface area contributed by atoms with Crippen molar-refractivity contribution in [3.8, 4) is 0 Å². The maximum atomic E-state index is 13.4. The molecule has 1 aromatic carbocycles. The van der Waals surface area contributed by atoms with E-state index in [-0.39, 0.29) is 11.2 Å². The zero-order valence-electron chi connectivity index (χ0n) is 9.58. The van der Waals surface area contributed by atoms with Crippen LogP contribution in [0.3, 0.4) is 0 Å². The maximum absolute atomic E-state index is 13.4. The van der Waals surface area contributed by atoms with E-state index < -0.39 is 11.9 Å². The molecule has 0 aromatic heterocycles. The lowest BCUT2D eigenvalue weighted by Crippen LogP contribution is -2.40. The number of carboxylic acids is 1. The number of halogens is 1. The first kappa shape index (κ1) is 10.8. The predicted molar refractivity (Wildman–Crippen MR) is 61.5 cm³/mol. The number of hydrogen-bond donors (Lipinski definition) is 1. The Labute approximate surface area is 99.5 Å². The quantitative estimate of drug-likeness (QED) is 0.810. The van der Waals surface area contributed by atoms with Crippen molar-refractivity contribution in [2.75, 3.05) is 0 Å². The van der Waals surface area contributed by atoms with Crippen molar-refractivity contribution in [1.82, 2.24) is 0 Å². The van der Waals surface area contributed by atoms with E-state index in [0.717, 1.165) is 30.4 Å². The van der Waals surface area contributed by atoms with Gasteiger partial charge in [0, 0.05) is 0 Å². The molecule has 0 aliphatic heterocycles. The lowest BCUT2D eigenvalue weighted by atomic mass is 9.56. The first-order chi connectivity index (χ1) is 8.12. The van der Waals surface area contributed by atoms with Crippen LogP contribution in [0.25, 0.3) is 0 Å². The number of benzene rings is 1. The van der Waals surface area contributed by atoms with Gasteiger partial charge in [0.05, 0.1) is 5.92 Å². The number of carboxylic acid groups (broad SMARTS) is 1. The molecule has 3 rings (SSSR count). The second-order valence-electron chi connectivity index (χ2n) is 5.29. The van der Waals surface area contributed by atoms with Crippen LogP contribution in [0.5, 0.6) is 0 Å². The van der Waals surface area contributed by atoms with Crippen molar-refractivity contribution in [3.05, 3.63) is 35.1 Å². The number of fused-ring (bicyclic) bond motifs is 2. The Morgan fingerprint density at radius 3 is 2.71 bits per heavy atom. The topological polar surface area (TPSA) is 37.3 Å². The summed E-state index contributed by atoms with van der Waals surface area (Å²) >= 11 is 0. The van der Waals surface area contributed by atoms with Crippen LogP contribution in [0, 0.1) is 5.82 Å². The van der Waals surface area contributed by atoms with E-state index in [1.54, 1.807) is 12.1 Å². The number of hydrogen-bond acceptors (Lipinski definition) is 1. The molecule has 0 radical (unpaired) electrons. The van der Waals surface area contributed by atoms with E-state index in [2.05, 4.69) is 0 Å². The fourth-order valence-electron chi connectivity index (χ4n) is 3.38. The first-order valence-electron chi connectivity index (χ1n) is 6.15. The normalized spacial score (nSPS) is 25.1. The molecule has 1 atom stereocenters. The summed E-state index contributed by atoms with van der Waals surface area (Å²) in [6.07, 6.45) is 4.91. The molecule has 3 heteroatoms. The van der Waals surface area contributed by atoms with Gasteiger partial charge >= 0.3 is 5.97 Å². The van der Waals surface area contributed by atoms with E-state index in [4.69, 9.17) is 0 Å². The Balaban J connectivity index is 2.13. The van der Waals surface area contributed by atoms with Gasteiger partial charge in [-0.25, -0.2) is 4.39 Å². The molecule has 1 saturated carbocycles. The van der Waals surface area contributed by atoms with Gasteiger partial charge in [0.2, 0.25) is 0 Å². The Morgan fingerprint density at radius 1 is 1.35 bits per heavy atom. The van der Waals surface area contributed by atoms with E-state index in [0.29, 0.717) is 6.42 Å². The molecule has 1 spiro atoms. The summed E-state index contributed by atoms with van der Waals surface area (Å²) in [4.78, 5) is 11.2. The van der Waals surface area contributed by atoms with Gasteiger partial charge in [0.25, 0.3) is 0 Å². The zero-order chi connectivity index (χ0) is 12.0. The third-order valence-electron chi connectivity index (χ3n) is 4.48. The van der Waals surface area contributed by atoms with Crippen LogP contribution in [0.15, 0.2) is 18.2 Å². The second kappa shape index (κ2) is 3.56. The van der Waals surface area contributed by atoms with Crippen molar-refractivity contribution in [2.45, 2.75) is 43.4 Å². The molecule has 2 aliphatic rings. The minimum Gasteiger partial charge on any atom is -0.481 e. The van der Waals surface area contributed by atoms with Gasteiger partial charge in [0.15, 0.2) is 0 Å². The van der Waals surface area contributed by atoms with Gasteiger partial charge in [-0.05, 0) is 54.4 Å². The highest BCUT2D eigenvalue weighted by Gasteiger charge is 2.45. The van der Waals surface area contributed by atoms with Crippen molar-refractivity contribution < 1.29 is 14.3 Å².